The lowest BCUT2D eigenvalue weighted by atomic mass is 10.3. The fourth-order valence-corrected chi connectivity index (χ4v) is 1.88. The Bertz CT molecular complexity index is 774. The molecule has 0 unspecified atom stereocenters. The minimum absolute atomic E-state index is 0.0973. The van der Waals surface area contributed by atoms with Crippen molar-refractivity contribution >= 4 is 28.3 Å². The van der Waals surface area contributed by atoms with Crippen LogP contribution in [0.15, 0.2) is 45.9 Å². The Morgan fingerprint density at radius 1 is 1.28 bits per heavy atom. The van der Waals surface area contributed by atoms with Crippen LogP contribution in [-0.4, -0.2) is 9.78 Å². The van der Waals surface area contributed by atoms with Gasteiger partial charge in [-0.1, -0.05) is 11.6 Å². The first-order valence-corrected chi connectivity index (χ1v) is 5.55. The van der Waals surface area contributed by atoms with Crippen LogP contribution < -0.4 is 11.3 Å². The molecule has 0 radical (unpaired) electrons. The van der Waals surface area contributed by atoms with Gasteiger partial charge < -0.3 is 10.2 Å². The lowest BCUT2D eigenvalue weighted by Crippen LogP contribution is -2.20. The third-order valence-electron chi connectivity index (χ3n) is 2.64. The van der Waals surface area contributed by atoms with Crippen molar-refractivity contribution in [2.75, 3.05) is 5.73 Å². The minimum Gasteiger partial charge on any atom is -0.448 e. The molecule has 0 bridgehead atoms. The first-order valence-electron chi connectivity index (χ1n) is 5.18. The largest absolute Gasteiger partial charge is 0.448 e. The summed E-state index contributed by atoms with van der Waals surface area (Å²) in [6.07, 6.45) is 2.94. The number of aromatic nitrogens is 2. The van der Waals surface area contributed by atoms with Gasteiger partial charge in [0.05, 0.1) is 11.9 Å². The van der Waals surface area contributed by atoms with E-state index in [4.69, 9.17) is 21.8 Å². The fraction of sp³-hybridized carbons (Fsp3) is 0. The van der Waals surface area contributed by atoms with Crippen LogP contribution in [0.1, 0.15) is 0 Å². The van der Waals surface area contributed by atoms with Crippen molar-refractivity contribution in [1.82, 2.24) is 9.78 Å². The minimum atomic E-state index is -0.318. The van der Waals surface area contributed by atoms with Crippen molar-refractivity contribution in [2.24, 2.45) is 0 Å². The molecule has 0 aliphatic carbocycles. The maximum atomic E-state index is 12.2. The van der Waals surface area contributed by atoms with Crippen LogP contribution in [0.4, 0.5) is 5.88 Å². The lowest BCUT2D eigenvalue weighted by Gasteiger charge is -2.03. The van der Waals surface area contributed by atoms with E-state index in [0.717, 1.165) is 0 Å². The molecule has 0 aliphatic heterocycles. The van der Waals surface area contributed by atoms with E-state index in [-0.39, 0.29) is 11.4 Å². The zero-order chi connectivity index (χ0) is 12.7. The van der Waals surface area contributed by atoms with Crippen molar-refractivity contribution < 1.29 is 4.42 Å². The van der Waals surface area contributed by atoms with Gasteiger partial charge in [-0.15, -0.1) is 0 Å². The number of furan rings is 1. The summed E-state index contributed by atoms with van der Waals surface area (Å²) in [6.45, 7) is 0. The Hall–Kier alpha value is -2.27. The number of nitrogens with two attached hydrogens (primary N) is 1. The number of rotatable bonds is 1. The first-order chi connectivity index (χ1) is 8.66. The highest BCUT2D eigenvalue weighted by molar-refractivity contribution is 6.30. The van der Waals surface area contributed by atoms with Gasteiger partial charge in [0.15, 0.2) is 0 Å². The summed E-state index contributed by atoms with van der Waals surface area (Å²) in [4.78, 5) is 12.2. The van der Waals surface area contributed by atoms with Gasteiger partial charge in [0.2, 0.25) is 5.88 Å². The highest BCUT2D eigenvalue weighted by atomic mass is 35.5. The average Bonchev–Trinajstić information content (AvgIpc) is 2.74. The van der Waals surface area contributed by atoms with Crippen LogP contribution in [0.5, 0.6) is 0 Å². The van der Waals surface area contributed by atoms with Crippen LogP contribution in [0, 0.1) is 0 Å². The molecule has 3 aromatic rings. The van der Waals surface area contributed by atoms with E-state index in [0.29, 0.717) is 21.5 Å². The second-order valence-electron chi connectivity index (χ2n) is 3.77. The Labute approximate surface area is 106 Å². The number of hydrogen-bond acceptors (Lipinski definition) is 4. The van der Waals surface area contributed by atoms with E-state index in [2.05, 4.69) is 5.10 Å². The molecule has 2 aromatic heterocycles. The molecule has 0 aliphatic rings. The van der Waals surface area contributed by atoms with Crippen LogP contribution in [0.25, 0.3) is 16.5 Å². The van der Waals surface area contributed by atoms with Crippen molar-refractivity contribution in [1.29, 1.82) is 0 Å². The predicted molar refractivity (Wildman–Crippen MR) is 69.0 cm³/mol. The molecule has 0 atom stereocenters. The van der Waals surface area contributed by atoms with Gasteiger partial charge in [0, 0.05) is 10.4 Å². The number of anilines is 1. The Morgan fingerprint density at radius 3 is 2.72 bits per heavy atom. The van der Waals surface area contributed by atoms with Gasteiger partial charge in [-0.2, -0.15) is 9.78 Å². The summed E-state index contributed by atoms with van der Waals surface area (Å²) < 4.78 is 6.26. The van der Waals surface area contributed by atoms with E-state index >= 15 is 0 Å². The smallest absolute Gasteiger partial charge is 0.284 e. The van der Waals surface area contributed by atoms with E-state index in [1.807, 2.05) is 0 Å². The number of halogens is 1. The summed E-state index contributed by atoms with van der Waals surface area (Å²) in [5.41, 5.74) is 5.92. The Balaban J connectivity index is 2.30. The molecule has 2 heterocycles. The number of benzene rings is 1. The number of hydrogen-bond donors (Lipinski definition) is 1. The van der Waals surface area contributed by atoms with Gasteiger partial charge in [0.25, 0.3) is 5.56 Å². The van der Waals surface area contributed by atoms with E-state index in [1.54, 1.807) is 24.3 Å². The van der Waals surface area contributed by atoms with Crippen molar-refractivity contribution in [3.8, 4) is 5.69 Å². The third kappa shape index (κ3) is 1.56. The molecule has 6 heteroatoms. The monoisotopic (exact) mass is 261 g/mol. The summed E-state index contributed by atoms with van der Waals surface area (Å²) in [6, 6.07) is 6.79. The second-order valence-corrected chi connectivity index (χ2v) is 4.20. The van der Waals surface area contributed by atoms with Gasteiger partial charge >= 0.3 is 0 Å². The number of nitrogens with zero attached hydrogens (tertiary/aromatic N) is 2. The molecule has 0 spiro atoms. The molecule has 5 nitrogen and oxygen atoms in total. The second kappa shape index (κ2) is 3.89. The molecular formula is C12H8ClN3O2. The van der Waals surface area contributed by atoms with Gasteiger partial charge in [-0.25, -0.2) is 0 Å². The standard InChI is InChI=1S/C12H8ClN3O2/c13-8-1-3-9(4-2-8)16-12(17)10-7(5-15-16)6-18-11(10)14/h1-6H,14H2. The SMILES string of the molecule is Nc1occ2cnn(-c3ccc(Cl)cc3)c(=O)c12. The van der Waals surface area contributed by atoms with Crippen LogP contribution in [-0.2, 0) is 0 Å². The topological polar surface area (TPSA) is 74.0 Å². The quantitative estimate of drug-likeness (QED) is 0.729. The van der Waals surface area contributed by atoms with Gasteiger partial charge in [-0.05, 0) is 24.3 Å². The third-order valence-corrected chi connectivity index (χ3v) is 2.89. The van der Waals surface area contributed by atoms with Crippen molar-refractivity contribution in [3.05, 3.63) is 52.1 Å². The number of fused-ring (bicyclic) bond motifs is 1. The summed E-state index contributed by atoms with van der Waals surface area (Å²) in [7, 11) is 0. The molecule has 0 amide bonds. The molecule has 3 rings (SSSR count). The summed E-state index contributed by atoms with van der Waals surface area (Å²) >= 11 is 5.80. The van der Waals surface area contributed by atoms with Crippen molar-refractivity contribution in [3.63, 3.8) is 0 Å². The average molecular weight is 262 g/mol. The van der Waals surface area contributed by atoms with E-state index in [9.17, 15) is 4.79 Å². The maximum Gasteiger partial charge on any atom is 0.284 e. The van der Waals surface area contributed by atoms with Crippen LogP contribution in [0.2, 0.25) is 5.02 Å². The molecule has 0 fully saturated rings. The van der Waals surface area contributed by atoms with E-state index in [1.165, 1.54) is 17.1 Å². The molecule has 90 valence electrons. The maximum absolute atomic E-state index is 12.2. The fourth-order valence-electron chi connectivity index (χ4n) is 1.76. The Morgan fingerprint density at radius 2 is 2.00 bits per heavy atom. The Kier molecular flexibility index (Phi) is 2.34. The highest BCUT2D eigenvalue weighted by Gasteiger charge is 2.11. The zero-order valence-corrected chi connectivity index (χ0v) is 9.89. The zero-order valence-electron chi connectivity index (χ0n) is 9.13. The molecular weight excluding hydrogens is 254 g/mol. The predicted octanol–water partition coefficient (Wildman–Crippen LogP) is 2.21. The molecule has 1 aromatic carbocycles. The van der Waals surface area contributed by atoms with Crippen molar-refractivity contribution in [2.45, 2.75) is 0 Å². The molecule has 2 N–H and O–H groups in total. The molecule has 18 heavy (non-hydrogen) atoms. The summed E-state index contributed by atoms with van der Waals surface area (Å²) in [5, 5.41) is 5.58. The molecule has 0 saturated carbocycles. The normalized spacial score (nSPS) is 10.9. The highest BCUT2D eigenvalue weighted by Crippen LogP contribution is 2.19. The van der Waals surface area contributed by atoms with E-state index < -0.39 is 0 Å². The summed E-state index contributed by atoms with van der Waals surface area (Å²) in [5.74, 6) is 0.0973. The van der Waals surface area contributed by atoms with Gasteiger partial charge in [-0.3, -0.25) is 4.79 Å². The van der Waals surface area contributed by atoms with Crippen LogP contribution >= 0.6 is 11.6 Å². The molecule has 0 saturated heterocycles. The first kappa shape index (κ1) is 10.9. The number of nitrogen functional groups attached to an aromatic ring is 1. The lowest BCUT2D eigenvalue weighted by molar-refractivity contribution is 0.592. The van der Waals surface area contributed by atoms with Crippen LogP contribution in [0.3, 0.4) is 0 Å². The van der Waals surface area contributed by atoms with Gasteiger partial charge in [0.1, 0.15) is 11.6 Å².